The number of benzene rings is 1. The number of likely N-dealkylation sites (tertiary alicyclic amines) is 1. The minimum absolute atomic E-state index is 0.545. The molecule has 21 heavy (non-hydrogen) atoms. The molecule has 1 aliphatic heterocycles. The van der Waals surface area contributed by atoms with Crippen molar-refractivity contribution in [2.24, 2.45) is 0 Å². The second kappa shape index (κ2) is 8.25. The molecule has 1 atom stereocenters. The molecule has 1 heterocycles. The van der Waals surface area contributed by atoms with Crippen LogP contribution in [0.3, 0.4) is 0 Å². The maximum absolute atomic E-state index is 5.34. The van der Waals surface area contributed by atoms with Gasteiger partial charge in [0.25, 0.3) is 0 Å². The molecule has 1 fully saturated rings. The van der Waals surface area contributed by atoms with Gasteiger partial charge in [0.15, 0.2) is 11.5 Å². The van der Waals surface area contributed by atoms with E-state index in [1.807, 2.05) is 6.07 Å². The van der Waals surface area contributed by atoms with Crippen molar-refractivity contribution in [3.05, 3.63) is 23.8 Å². The van der Waals surface area contributed by atoms with E-state index in [1.165, 1.54) is 31.5 Å². The minimum atomic E-state index is 0.545. The quantitative estimate of drug-likeness (QED) is 0.797. The summed E-state index contributed by atoms with van der Waals surface area (Å²) in [6.45, 7) is 6.95. The molecular formula is C17H28N2O2. The number of hydrogen-bond donors (Lipinski definition) is 1. The first-order valence-electron chi connectivity index (χ1n) is 7.89. The van der Waals surface area contributed by atoms with Crippen molar-refractivity contribution in [1.82, 2.24) is 10.2 Å². The molecule has 4 nitrogen and oxygen atoms in total. The van der Waals surface area contributed by atoms with Crippen molar-refractivity contribution >= 4 is 0 Å². The second-order valence-corrected chi connectivity index (χ2v) is 5.80. The Bertz CT molecular complexity index is 431. The lowest BCUT2D eigenvalue weighted by molar-refractivity contribution is 0.299. The van der Waals surface area contributed by atoms with E-state index in [2.05, 4.69) is 29.3 Å². The molecule has 1 N–H and O–H groups in total. The lowest BCUT2D eigenvalue weighted by atomic mass is 10.1. The molecule has 0 spiro atoms. The zero-order valence-electron chi connectivity index (χ0n) is 13.5. The van der Waals surface area contributed by atoms with Gasteiger partial charge in [0, 0.05) is 12.6 Å². The van der Waals surface area contributed by atoms with E-state index >= 15 is 0 Å². The average molecular weight is 292 g/mol. The van der Waals surface area contributed by atoms with Gasteiger partial charge in [-0.1, -0.05) is 6.07 Å². The largest absolute Gasteiger partial charge is 0.493 e. The Kier molecular flexibility index (Phi) is 6.33. The van der Waals surface area contributed by atoms with E-state index in [9.17, 15) is 0 Å². The lowest BCUT2D eigenvalue weighted by Gasteiger charge is -2.21. The van der Waals surface area contributed by atoms with Gasteiger partial charge in [-0.3, -0.25) is 0 Å². The number of rotatable bonds is 8. The number of methoxy groups -OCH3 is 2. The van der Waals surface area contributed by atoms with Crippen LogP contribution in [-0.2, 0) is 6.42 Å². The second-order valence-electron chi connectivity index (χ2n) is 5.80. The van der Waals surface area contributed by atoms with E-state index in [0.29, 0.717) is 6.04 Å². The van der Waals surface area contributed by atoms with Gasteiger partial charge in [0.1, 0.15) is 0 Å². The molecule has 0 aromatic heterocycles. The summed E-state index contributed by atoms with van der Waals surface area (Å²) in [4.78, 5) is 2.55. The monoisotopic (exact) mass is 292 g/mol. The van der Waals surface area contributed by atoms with Crippen LogP contribution in [0.15, 0.2) is 18.2 Å². The normalized spacial score (nSPS) is 16.9. The van der Waals surface area contributed by atoms with Gasteiger partial charge in [0.2, 0.25) is 0 Å². The van der Waals surface area contributed by atoms with Crippen LogP contribution in [0.1, 0.15) is 25.3 Å². The molecule has 1 aromatic rings. The first-order chi connectivity index (χ1) is 10.2. The predicted octanol–water partition coefficient (Wildman–Crippen LogP) is 2.32. The number of ether oxygens (including phenoxy) is 2. The van der Waals surface area contributed by atoms with Gasteiger partial charge in [-0.15, -0.1) is 0 Å². The van der Waals surface area contributed by atoms with E-state index in [4.69, 9.17) is 9.47 Å². The van der Waals surface area contributed by atoms with Crippen LogP contribution in [0.25, 0.3) is 0 Å². The maximum Gasteiger partial charge on any atom is 0.160 e. The highest BCUT2D eigenvalue weighted by atomic mass is 16.5. The van der Waals surface area contributed by atoms with Gasteiger partial charge in [-0.05, 0) is 63.5 Å². The van der Waals surface area contributed by atoms with Crippen LogP contribution < -0.4 is 14.8 Å². The first kappa shape index (κ1) is 16.1. The molecule has 1 aromatic carbocycles. The Morgan fingerprint density at radius 1 is 1.14 bits per heavy atom. The zero-order chi connectivity index (χ0) is 15.1. The van der Waals surface area contributed by atoms with Crippen LogP contribution in [0.4, 0.5) is 0 Å². The van der Waals surface area contributed by atoms with Crippen molar-refractivity contribution in [2.75, 3.05) is 40.4 Å². The van der Waals surface area contributed by atoms with E-state index in [0.717, 1.165) is 31.0 Å². The smallest absolute Gasteiger partial charge is 0.160 e. The highest BCUT2D eigenvalue weighted by Gasteiger charge is 2.14. The van der Waals surface area contributed by atoms with Crippen LogP contribution in [-0.4, -0.2) is 51.3 Å². The molecule has 0 radical (unpaired) electrons. The van der Waals surface area contributed by atoms with Gasteiger partial charge >= 0.3 is 0 Å². The van der Waals surface area contributed by atoms with Crippen molar-refractivity contribution in [3.8, 4) is 11.5 Å². The van der Waals surface area contributed by atoms with E-state index in [1.54, 1.807) is 14.2 Å². The summed E-state index contributed by atoms with van der Waals surface area (Å²) in [6, 6.07) is 6.69. The molecular weight excluding hydrogens is 264 g/mol. The Hall–Kier alpha value is -1.26. The fourth-order valence-corrected chi connectivity index (χ4v) is 2.92. The summed E-state index contributed by atoms with van der Waals surface area (Å²) in [6.07, 6.45) is 3.72. The van der Waals surface area contributed by atoms with E-state index < -0.39 is 0 Å². The topological polar surface area (TPSA) is 33.7 Å². The molecule has 1 saturated heterocycles. The molecule has 0 aliphatic carbocycles. The average Bonchev–Trinajstić information content (AvgIpc) is 2.99. The summed E-state index contributed by atoms with van der Waals surface area (Å²) >= 11 is 0. The van der Waals surface area contributed by atoms with Gasteiger partial charge in [0.05, 0.1) is 14.2 Å². The Balaban J connectivity index is 1.74. The van der Waals surface area contributed by atoms with Crippen molar-refractivity contribution in [2.45, 2.75) is 32.2 Å². The Morgan fingerprint density at radius 2 is 1.86 bits per heavy atom. The number of nitrogens with one attached hydrogen (secondary N) is 1. The zero-order valence-corrected chi connectivity index (χ0v) is 13.5. The molecule has 4 heteroatoms. The van der Waals surface area contributed by atoms with Crippen LogP contribution in [0, 0.1) is 0 Å². The van der Waals surface area contributed by atoms with Gasteiger partial charge in [-0.25, -0.2) is 0 Å². The van der Waals surface area contributed by atoms with Crippen LogP contribution in [0.2, 0.25) is 0 Å². The molecule has 1 aliphatic rings. The van der Waals surface area contributed by atoms with Crippen LogP contribution >= 0.6 is 0 Å². The van der Waals surface area contributed by atoms with Crippen molar-refractivity contribution < 1.29 is 9.47 Å². The van der Waals surface area contributed by atoms with Gasteiger partial charge in [-0.2, -0.15) is 0 Å². The van der Waals surface area contributed by atoms with E-state index in [-0.39, 0.29) is 0 Å². The number of nitrogens with zero attached hydrogens (tertiary/aromatic N) is 1. The summed E-state index contributed by atoms with van der Waals surface area (Å²) in [5.41, 5.74) is 1.27. The van der Waals surface area contributed by atoms with Crippen molar-refractivity contribution in [3.63, 3.8) is 0 Å². The third kappa shape index (κ3) is 4.90. The standard InChI is InChI=1S/C17H28N2O2/c1-14(13-19-10-4-5-11-19)18-9-8-15-6-7-16(20-2)17(12-15)21-3/h6-7,12,14,18H,4-5,8-11,13H2,1-3H3. The van der Waals surface area contributed by atoms with Gasteiger partial charge < -0.3 is 19.7 Å². The summed E-state index contributed by atoms with van der Waals surface area (Å²) in [7, 11) is 3.34. The highest BCUT2D eigenvalue weighted by molar-refractivity contribution is 5.42. The fourth-order valence-electron chi connectivity index (χ4n) is 2.92. The summed E-state index contributed by atoms with van der Waals surface area (Å²) in [5, 5.41) is 3.61. The summed E-state index contributed by atoms with van der Waals surface area (Å²) < 4.78 is 10.6. The molecule has 2 rings (SSSR count). The van der Waals surface area contributed by atoms with Crippen LogP contribution in [0.5, 0.6) is 11.5 Å². The predicted molar refractivity (Wildman–Crippen MR) is 86.4 cm³/mol. The Morgan fingerprint density at radius 3 is 2.52 bits per heavy atom. The van der Waals surface area contributed by atoms with Crippen molar-refractivity contribution in [1.29, 1.82) is 0 Å². The third-order valence-corrected chi connectivity index (χ3v) is 4.09. The third-order valence-electron chi connectivity index (χ3n) is 4.09. The maximum atomic E-state index is 5.34. The molecule has 0 amide bonds. The SMILES string of the molecule is COc1ccc(CCNC(C)CN2CCCC2)cc1OC. The minimum Gasteiger partial charge on any atom is -0.493 e. The highest BCUT2D eigenvalue weighted by Crippen LogP contribution is 2.27. The lowest BCUT2D eigenvalue weighted by Crippen LogP contribution is -2.38. The molecule has 0 saturated carbocycles. The fraction of sp³-hybridized carbons (Fsp3) is 0.647. The summed E-state index contributed by atoms with van der Waals surface area (Å²) in [5.74, 6) is 1.59. The first-order valence-corrected chi connectivity index (χ1v) is 7.89. The molecule has 1 unspecified atom stereocenters. The Labute approximate surface area is 128 Å². The number of hydrogen-bond acceptors (Lipinski definition) is 4. The molecule has 0 bridgehead atoms. The molecule has 118 valence electrons.